The van der Waals surface area contributed by atoms with E-state index in [1.165, 1.54) is 16.8 Å². The Morgan fingerprint density at radius 1 is 1.07 bits per heavy atom. The van der Waals surface area contributed by atoms with Crippen molar-refractivity contribution in [3.05, 3.63) is 59.7 Å². The first-order chi connectivity index (χ1) is 19.0. The van der Waals surface area contributed by atoms with Crippen molar-refractivity contribution in [2.75, 3.05) is 20.2 Å². The molecule has 40 heavy (non-hydrogen) atoms. The molecule has 214 valence electrons. The van der Waals surface area contributed by atoms with Gasteiger partial charge in [0.1, 0.15) is 24.2 Å². The monoisotopic (exact) mass is 549 g/mol. The first-order valence-electron chi connectivity index (χ1n) is 13.9. The van der Waals surface area contributed by atoms with Crippen LogP contribution in [0.4, 0.5) is 4.79 Å². The highest BCUT2D eigenvalue weighted by atomic mass is 16.6. The first kappa shape index (κ1) is 29.1. The molecular weight excluding hydrogens is 510 g/mol. The van der Waals surface area contributed by atoms with Crippen LogP contribution in [0.3, 0.4) is 0 Å². The van der Waals surface area contributed by atoms with E-state index in [2.05, 4.69) is 17.4 Å². The number of hydrogen-bond donors (Lipinski definition) is 2. The summed E-state index contributed by atoms with van der Waals surface area (Å²) in [5.74, 6) is -2.34. The zero-order chi connectivity index (χ0) is 29.2. The van der Waals surface area contributed by atoms with E-state index < -0.39 is 41.5 Å². The molecule has 3 atom stereocenters. The second kappa shape index (κ2) is 11.7. The highest BCUT2D eigenvalue weighted by Crippen LogP contribution is 2.44. The van der Waals surface area contributed by atoms with Crippen LogP contribution >= 0.6 is 0 Å². The highest BCUT2D eigenvalue weighted by molar-refractivity contribution is 5.95. The lowest BCUT2D eigenvalue weighted by molar-refractivity contribution is -0.151. The molecule has 9 nitrogen and oxygen atoms in total. The third-order valence-corrected chi connectivity index (χ3v) is 8.26. The zero-order valence-corrected chi connectivity index (χ0v) is 23.8. The Morgan fingerprint density at radius 2 is 1.65 bits per heavy atom. The van der Waals surface area contributed by atoms with Crippen LogP contribution in [0.2, 0.25) is 0 Å². The highest BCUT2D eigenvalue weighted by Gasteiger charge is 2.43. The van der Waals surface area contributed by atoms with Crippen LogP contribution in [0.5, 0.6) is 0 Å². The lowest BCUT2D eigenvalue weighted by Gasteiger charge is -2.36. The molecule has 4 rings (SSSR count). The molecule has 1 saturated heterocycles. The molecule has 0 unspecified atom stereocenters. The number of carboxylic acids is 1. The summed E-state index contributed by atoms with van der Waals surface area (Å²) in [5.41, 5.74) is 3.08. The maximum Gasteiger partial charge on any atom is 0.410 e. The van der Waals surface area contributed by atoms with Crippen molar-refractivity contribution in [3.63, 3.8) is 0 Å². The summed E-state index contributed by atoms with van der Waals surface area (Å²) >= 11 is 0. The van der Waals surface area contributed by atoms with Gasteiger partial charge >= 0.3 is 12.1 Å². The Bertz CT molecular complexity index is 1250. The quantitative estimate of drug-likeness (QED) is 0.483. The molecule has 9 heteroatoms. The number of benzene rings is 2. The number of likely N-dealkylation sites (N-methyl/N-ethyl adjacent to an activating group) is 1. The molecule has 1 aliphatic heterocycles. The molecule has 1 fully saturated rings. The van der Waals surface area contributed by atoms with Crippen LogP contribution in [0.1, 0.15) is 64.0 Å². The van der Waals surface area contributed by atoms with E-state index in [1.54, 1.807) is 13.8 Å². The molecule has 0 spiro atoms. The van der Waals surface area contributed by atoms with Crippen molar-refractivity contribution in [2.45, 2.75) is 70.5 Å². The number of likely N-dealkylation sites (tertiary alicyclic amines) is 1. The van der Waals surface area contributed by atoms with Crippen molar-refractivity contribution in [2.24, 2.45) is 5.92 Å². The molecule has 0 saturated carbocycles. The Kier molecular flexibility index (Phi) is 8.51. The summed E-state index contributed by atoms with van der Waals surface area (Å²) in [6.07, 6.45) is 0.954. The summed E-state index contributed by atoms with van der Waals surface area (Å²) < 4.78 is 5.79. The number of carbonyl (C=O) groups excluding carboxylic acids is 3. The number of aliphatic carboxylic acids is 1. The van der Waals surface area contributed by atoms with Crippen molar-refractivity contribution < 1.29 is 29.0 Å². The largest absolute Gasteiger partial charge is 0.480 e. The molecule has 2 aromatic carbocycles. The number of amides is 3. The van der Waals surface area contributed by atoms with Gasteiger partial charge in [0.05, 0.1) is 0 Å². The standard InChI is InChI=1S/C31H39N3O6/c1-6-19(2)26(27(35)32-31(3,4)29(38)34-17-11-16-25(34)28(36)37)33(5)30(39)40-18-24-22-14-9-7-12-20(22)21-13-8-10-15-23(21)24/h7-10,12-15,19,24-26H,6,11,16-18H2,1-5H3,(H,32,35)(H,36,37)/t19-,25-,26-/m0/s1. The average molecular weight is 550 g/mol. The fourth-order valence-electron chi connectivity index (χ4n) is 5.91. The van der Waals surface area contributed by atoms with Crippen molar-refractivity contribution in [1.29, 1.82) is 0 Å². The molecule has 2 aliphatic rings. The SMILES string of the molecule is CC[C@H](C)[C@@H](C(=O)NC(C)(C)C(=O)N1CCC[C@H]1C(=O)O)N(C)C(=O)OCC1c2ccccc2-c2ccccc21. The molecular formula is C31H39N3O6. The van der Waals surface area contributed by atoms with Gasteiger partial charge < -0.3 is 20.1 Å². The summed E-state index contributed by atoms with van der Waals surface area (Å²) in [5, 5.41) is 12.3. The minimum Gasteiger partial charge on any atom is -0.480 e. The molecule has 2 N–H and O–H groups in total. The van der Waals surface area contributed by atoms with E-state index in [4.69, 9.17) is 4.74 Å². The van der Waals surface area contributed by atoms with Gasteiger partial charge in [-0.15, -0.1) is 0 Å². The Morgan fingerprint density at radius 3 is 2.20 bits per heavy atom. The van der Waals surface area contributed by atoms with Crippen LogP contribution in [0, 0.1) is 5.92 Å². The average Bonchev–Trinajstić information content (AvgIpc) is 3.54. The van der Waals surface area contributed by atoms with Crippen molar-refractivity contribution in [3.8, 4) is 11.1 Å². The third-order valence-electron chi connectivity index (χ3n) is 8.26. The van der Waals surface area contributed by atoms with Gasteiger partial charge in [0, 0.05) is 19.5 Å². The van der Waals surface area contributed by atoms with Gasteiger partial charge in [0.15, 0.2) is 0 Å². The lowest BCUT2D eigenvalue weighted by atomic mass is 9.95. The predicted molar refractivity (Wildman–Crippen MR) is 151 cm³/mol. The number of rotatable bonds is 9. The second-order valence-corrected chi connectivity index (χ2v) is 11.4. The fourth-order valence-corrected chi connectivity index (χ4v) is 5.91. The summed E-state index contributed by atoms with van der Waals surface area (Å²) in [4.78, 5) is 54.4. The van der Waals surface area contributed by atoms with Gasteiger partial charge in [-0.2, -0.15) is 0 Å². The van der Waals surface area contributed by atoms with Gasteiger partial charge in [-0.25, -0.2) is 9.59 Å². The van der Waals surface area contributed by atoms with E-state index >= 15 is 0 Å². The molecule has 0 bridgehead atoms. The number of ether oxygens (including phenoxy) is 1. The van der Waals surface area contributed by atoms with Crippen LogP contribution in [-0.2, 0) is 19.1 Å². The maximum absolute atomic E-state index is 13.6. The van der Waals surface area contributed by atoms with Gasteiger partial charge in [-0.1, -0.05) is 68.8 Å². The molecule has 0 radical (unpaired) electrons. The molecule has 0 aromatic heterocycles. The number of carboxylic acid groups (broad SMARTS) is 1. The van der Waals surface area contributed by atoms with Crippen molar-refractivity contribution >= 4 is 23.9 Å². The van der Waals surface area contributed by atoms with Crippen LogP contribution in [0.15, 0.2) is 48.5 Å². The van der Waals surface area contributed by atoms with Crippen molar-refractivity contribution in [1.82, 2.24) is 15.1 Å². The van der Waals surface area contributed by atoms with Gasteiger partial charge in [-0.3, -0.25) is 14.5 Å². The predicted octanol–water partition coefficient (Wildman–Crippen LogP) is 4.25. The Hall–Kier alpha value is -3.88. The van der Waals surface area contributed by atoms with Gasteiger partial charge in [0.25, 0.3) is 0 Å². The lowest BCUT2D eigenvalue weighted by Crippen LogP contribution is -2.62. The number of hydrogen-bond acceptors (Lipinski definition) is 5. The van der Waals surface area contributed by atoms with Crippen LogP contribution in [-0.4, -0.2) is 76.6 Å². The minimum absolute atomic E-state index is 0.111. The van der Waals surface area contributed by atoms with Gasteiger partial charge in [-0.05, 0) is 54.9 Å². The van der Waals surface area contributed by atoms with E-state index in [1.807, 2.05) is 50.2 Å². The Balaban J connectivity index is 1.46. The smallest absolute Gasteiger partial charge is 0.410 e. The zero-order valence-electron chi connectivity index (χ0n) is 23.8. The molecule has 1 heterocycles. The van der Waals surface area contributed by atoms with E-state index in [-0.39, 0.29) is 18.4 Å². The fraction of sp³-hybridized carbons (Fsp3) is 0.484. The van der Waals surface area contributed by atoms with E-state index in [0.717, 1.165) is 22.3 Å². The summed E-state index contributed by atoms with van der Waals surface area (Å²) in [6.45, 7) is 7.36. The minimum atomic E-state index is -1.36. The summed E-state index contributed by atoms with van der Waals surface area (Å²) in [6, 6.07) is 14.3. The van der Waals surface area contributed by atoms with E-state index in [0.29, 0.717) is 25.8 Å². The Labute approximate surface area is 235 Å². The third kappa shape index (κ3) is 5.55. The number of fused-ring (bicyclic) bond motifs is 3. The number of carbonyl (C=O) groups is 4. The van der Waals surface area contributed by atoms with E-state index in [9.17, 15) is 24.3 Å². The molecule has 3 amide bonds. The topological polar surface area (TPSA) is 116 Å². The maximum atomic E-state index is 13.6. The second-order valence-electron chi connectivity index (χ2n) is 11.4. The summed E-state index contributed by atoms with van der Waals surface area (Å²) in [7, 11) is 1.53. The van der Waals surface area contributed by atoms with Gasteiger partial charge in [0.2, 0.25) is 11.8 Å². The van der Waals surface area contributed by atoms with Crippen LogP contribution in [0.25, 0.3) is 11.1 Å². The molecule has 2 aromatic rings. The van der Waals surface area contributed by atoms with Crippen LogP contribution < -0.4 is 5.32 Å². The normalized spacial score (nSPS) is 17.9. The first-order valence-corrected chi connectivity index (χ1v) is 13.9. The number of nitrogens with one attached hydrogen (secondary N) is 1. The number of nitrogens with zero attached hydrogens (tertiary/aromatic N) is 2. The molecule has 1 aliphatic carbocycles.